The first-order valence-corrected chi connectivity index (χ1v) is 13.0. The van der Waals surface area contributed by atoms with Crippen LogP contribution in [0, 0.1) is 5.82 Å². The van der Waals surface area contributed by atoms with Gasteiger partial charge < -0.3 is 4.90 Å². The summed E-state index contributed by atoms with van der Waals surface area (Å²) in [6.45, 7) is 1.36. The average molecular weight is 530 g/mol. The van der Waals surface area contributed by atoms with Crippen LogP contribution in [-0.4, -0.2) is 64.6 Å². The maximum Gasteiger partial charge on any atom is 0.315 e. The molecule has 1 N–H and O–H groups in total. The molecule has 0 spiro atoms. The zero-order valence-electron chi connectivity index (χ0n) is 22.1. The quantitative estimate of drug-likeness (QED) is 0.337. The van der Waals surface area contributed by atoms with Gasteiger partial charge in [0.25, 0.3) is 5.78 Å². The largest absolute Gasteiger partial charge is 0.343 e. The Kier molecular flexibility index (Phi) is 7.72. The number of halogens is 1. The van der Waals surface area contributed by atoms with Gasteiger partial charge in [-0.1, -0.05) is 54.6 Å². The zero-order chi connectivity index (χ0) is 27.4. The van der Waals surface area contributed by atoms with Crippen molar-refractivity contribution >= 4 is 11.7 Å². The second kappa shape index (κ2) is 11.3. The Bertz CT molecular complexity index is 1400. The van der Waals surface area contributed by atoms with E-state index in [2.05, 4.69) is 23.5 Å². The van der Waals surface area contributed by atoms with E-state index in [-0.39, 0.29) is 12.5 Å². The van der Waals surface area contributed by atoms with Gasteiger partial charge in [-0.05, 0) is 55.8 Å². The molecule has 1 saturated heterocycles. The molecule has 9 heteroatoms. The number of amides is 1. The number of carbonyl (C=O) groups excluding carboxylic acids is 2. The summed E-state index contributed by atoms with van der Waals surface area (Å²) >= 11 is 0. The van der Waals surface area contributed by atoms with E-state index >= 15 is 0 Å². The highest BCUT2D eigenvalue weighted by Gasteiger charge is 2.49. The predicted molar refractivity (Wildman–Crippen MR) is 145 cm³/mol. The molecule has 0 aliphatic carbocycles. The molecule has 2 aromatic carbocycles. The van der Waals surface area contributed by atoms with Gasteiger partial charge >= 0.3 is 5.91 Å². The molecule has 39 heavy (non-hydrogen) atoms. The first-order valence-electron chi connectivity index (χ1n) is 13.0. The number of aromatic nitrogens is 2. The number of benzene rings is 2. The monoisotopic (exact) mass is 529 g/mol. The first-order chi connectivity index (χ1) is 18.9. The number of Topliss-reactive ketones (excluding diaryl/α,β-unsaturated/α-hetero) is 1. The van der Waals surface area contributed by atoms with E-state index in [1.54, 1.807) is 30.5 Å². The van der Waals surface area contributed by atoms with Crippen molar-refractivity contribution in [3.05, 3.63) is 102 Å². The topological polar surface area (TPSA) is 79.7 Å². The minimum Gasteiger partial charge on any atom is -0.343 e. The van der Waals surface area contributed by atoms with Crippen LogP contribution in [0.1, 0.15) is 18.4 Å². The second-order valence-corrected chi connectivity index (χ2v) is 9.89. The standard InChI is InChI=1S/C30H32FN5O3/c1-34-17-9-15-27(34)23-12-8-18-35(21-23)30(28(37)29(38)33-39-2,20-22-10-4-3-5-11-22)36-19-16-26(32-36)24-13-6-7-14-25(24)31/h3-8,10-14,16,19,21,27H,9,15,17-18,20H2,1-2H3,(H,33,38)/t27?,30-/m1/s1. The number of likely N-dealkylation sites (tertiary alicyclic amines) is 1. The number of nitrogens with zero attached hydrogens (tertiary/aromatic N) is 4. The van der Waals surface area contributed by atoms with Gasteiger partial charge in [-0.15, -0.1) is 0 Å². The van der Waals surface area contributed by atoms with Crippen molar-refractivity contribution in [2.75, 3.05) is 27.2 Å². The van der Waals surface area contributed by atoms with E-state index in [1.165, 1.54) is 17.9 Å². The Hall–Kier alpha value is -4.08. The van der Waals surface area contributed by atoms with Crippen LogP contribution in [0.15, 0.2) is 90.8 Å². The summed E-state index contributed by atoms with van der Waals surface area (Å²) in [4.78, 5) is 36.4. The molecule has 1 amide bonds. The molecule has 1 aromatic heterocycles. The normalized spacial score (nSPS) is 19.0. The highest BCUT2D eigenvalue weighted by atomic mass is 19.1. The van der Waals surface area contributed by atoms with Crippen LogP contribution in [0.25, 0.3) is 11.3 Å². The molecule has 3 heterocycles. The van der Waals surface area contributed by atoms with E-state index in [0.717, 1.165) is 30.5 Å². The van der Waals surface area contributed by atoms with Crippen molar-refractivity contribution in [3.63, 3.8) is 0 Å². The van der Waals surface area contributed by atoms with Gasteiger partial charge in [-0.25, -0.2) is 14.6 Å². The van der Waals surface area contributed by atoms with Crippen LogP contribution in [0.3, 0.4) is 0 Å². The lowest BCUT2D eigenvalue weighted by Gasteiger charge is -2.43. The molecule has 0 saturated carbocycles. The molecule has 0 bridgehead atoms. The van der Waals surface area contributed by atoms with Crippen molar-refractivity contribution in [3.8, 4) is 11.3 Å². The van der Waals surface area contributed by atoms with E-state index in [4.69, 9.17) is 9.94 Å². The Morgan fingerprint density at radius 1 is 1.13 bits per heavy atom. The van der Waals surface area contributed by atoms with Crippen LogP contribution in [-0.2, 0) is 26.5 Å². The van der Waals surface area contributed by atoms with Crippen LogP contribution in [0.2, 0.25) is 0 Å². The van der Waals surface area contributed by atoms with Gasteiger partial charge in [0.2, 0.25) is 5.66 Å². The smallest absolute Gasteiger partial charge is 0.315 e. The van der Waals surface area contributed by atoms with Crippen LogP contribution in [0.5, 0.6) is 0 Å². The SMILES string of the molecule is CONC(=O)C(=O)[C@](Cc1ccccc1)(N1C=C(C2CCCN2C)C=CC1)n1ccc(-c2ccccc2F)n1. The number of rotatable bonds is 9. The molecule has 5 rings (SSSR count). The fourth-order valence-electron chi connectivity index (χ4n) is 5.54. The van der Waals surface area contributed by atoms with E-state index in [1.807, 2.05) is 47.5 Å². The van der Waals surface area contributed by atoms with Gasteiger partial charge in [0, 0.05) is 37.0 Å². The summed E-state index contributed by atoms with van der Waals surface area (Å²) in [6, 6.07) is 17.7. The molecular formula is C30H32FN5O3. The lowest BCUT2D eigenvalue weighted by atomic mass is 9.91. The number of hydrogen-bond acceptors (Lipinski definition) is 6. The van der Waals surface area contributed by atoms with E-state index in [0.29, 0.717) is 17.8 Å². The lowest BCUT2D eigenvalue weighted by Crippen LogP contribution is -2.60. The third-order valence-corrected chi connectivity index (χ3v) is 7.47. The predicted octanol–water partition coefficient (Wildman–Crippen LogP) is 3.68. The average Bonchev–Trinajstić information content (AvgIpc) is 3.62. The van der Waals surface area contributed by atoms with Gasteiger partial charge in [0.05, 0.1) is 12.8 Å². The molecule has 2 atom stereocenters. The van der Waals surface area contributed by atoms with Gasteiger partial charge in [-0.2, -0.15) is 5.10 Å². The molecular weight excluding hydrogens is 497 g/mol. The summed E-state index contributed by atoms with van der Waals surface area (Å²) < 4.78 is 16.2. The fourth-order valence-corrected chi connectivity index (χ4v) is 5.54. The van der Waals surface area contributed by atoms with E-state index < -0.39 is 23.2 Å². The molecule has 3 aromatic rings. The van der Waals surface area contributed by atoms with Crippen LogP contribution >= 0.6 is 0 Å². The fraction of sp³-hybridized carbons (Fsp3) is 0.300. The highest BCUT2D eigenvalue weighted by Crippen LogP contribution is 2.34. The van der Waals surface area contributed by atoms with Crippen molar-refractivity contribution in [1.29, 1.82) is 0 Å². The van der Waals surface area contributed by atoms with Crippen molar-refractivity contribution in [2.24, 2.45) is 0 Å². The summed E-state index contributed by atoms with van der Waals surface area (Å²) in [6.07, 6.45) is 9.92. The number of ketones is 1. The summed E-state index contributed by atoms with van der Waals surface area (Å²) in [5.41, 5.74) is 3.16. The molecule has 202 valence electrons. The molecule has 0 radical (unpaired) electrons. The highest BCUT2D eigenvalue weighted by molar-refractivity contribution is 6.38. The number of likely N-dealkylation sites (N-methyl/N-ethyl adjacent to an activating group) is 1. The molecule has 2 aliphatic heterocycles. The maximum atomic E-state index is 14.7. The Morgan fingerprint density at radius 2 is 1.90 bits per heavy atom. The maximum absolute atomic E-state index is 14.7. The number of nitrogens with one attached hydrogen (secondary N) is 1. The van der Waals surface area contributed by atoms with Crippen molar-refractivity contribution in [2.45, 2.75) is 31.0 Å². The Morgan fingerprint density at radius 3 is 2.62 bits per heavy atom. The van der Waals surface area contributed by atoms with Crippen molar-refractivity contribution < 1.29 is 18.8 Å². The molecule has 2 aliphatic rings. The number of hydroxylamine groups is 1. The van der Waals surface area contributed by atoms with Crippen LogP contribution < -0.4 is 5.48 Å². The summed E-state index contributed by atoms with van der Waals surface area (Å²) in [7, 11) is 3.37. The number of hydrogen-bond donors (Lipinski definition) is 1. The van der Waals surface area contributed by atoms with Crippen LogP contribution in [0.4, 0.5) is 4.39 Å². The minimum atomic E-state index is -1.60. The molecule has 1 unspecified atom stereocenters. The minimum absolute atomic E-state index is 0.139. The summed E-state index contributed by atoms with van der Waals surface area (Å²) in [5, 5.41) is 4.72. The van der Waals surface area contributed by atoms with Gasteiger partial charge in [0.1, 0.15) is 5.82 Å². The zero-order valence-corrected chi connectivity index (χ0v) is 22.1. The van der Waals surface area contributed by atoms with Gasteiger partial charge in [0.15, 0.2) is 0 Å². The van der Waals surface area contributed by atoms with E-state index in [9.17, 15) is 14.0 Å². The van der Waals surface area contributed by atoms with Gasteiger partial charge in [-0.3, -0.25) is 19.3 Å². The number of carbonyl (C=O) groups is 2. The first kappa shape index (κ1) is 26.5. The Balaban J connectivity index is 1.69. The third kappa shape index (κ3) is 5.15. The molecule has 8 nitrogen and oxygen atoms in total. The molecule has 1 fully saturated rings. The Labute approximate surface area is 227 Å². The second-order valence-electron chi connectivity index (χ2n) is 9.89. The van der Waals surface area contributed by atoms with Crippen molar-refractivity contribution in [1.82, 2.24) is 25.1 Å². The third-order valence-electron chi connectivity index (χ3n) is 7.47. The lowest BCUT2D eigenvalue weighted by molar-refractivity contribution is -0.154. The summed E-state index contributed by atoms with van der Waals surface area (Å²) in [5.74, 6) is -2.08.